The minimum Gasteiger partial charge on any atom is -0.466 e. The fourth-order valence-electron chi connectivity index (χ4n) is 3.62. The molecule has 3 rings (SSSR count). The molecule has 112 valence electrons. The van der Waals surface area contributed by atoms with E-state index in [0.717, 1.165) is 6.61 Å². The van der Waals surface area contributed by atoms with Gasteiger partial charge in [-0.1, -0.05) is 42.5 Å². The van der Waals surface area contributed by atoms with E-state index in [0.29, 0.717) is 36.9 Å². The molecule has 4 atom stereocenters. The highest BCUT2D eigenvalue weighted by molar-refractivity contribution is 5.65. The summed E-state index contributed by atoms with van der Waals surface area (Å²) in [6.45, 7) is 3.40. The van der Waals surface area contributed by atoms with E-state index in [1.165, 1.54) is 18.9 Å². The van der Waals surface area contributed by atoms with Crippen LogP contribution >= 0.6 is 0 Å². The van der Waals surface area contributed by atoms with Crippen molar-refractivity contribution in [2.45, 2.75) is 20.0 Å². The molecule has 0 saturated heterocycles. The second-order valence-electron chi connectivity index (χ2n) is 6.08. The Morgan fingerprint density at radius 1 is 1.10 bits per heavy atom. The Hall–Kier alpha value is -1.61. The Bertz CT molecular complexity index is 508. The molecule has 0 spiro atoms. The van der Waals surface area contributed by atoms with Gasteiger partial charge in [-0.3, -0.25) is 4.79 Å². The molecule has 0 N–H and O–H groups in total. The van der Waals surface area contributed by atoms with Gasteiger partial charge in [-0.05, 0) is 29.7 Å². The van der Waals surface area contributed by atoms with Gasteiger partial charge in [-0.15, -0.1) is 0 Å². The van der Waals surface area contributed by atoms with Gasteiger partial charge < -0.3 is 9.47 Å². The van der Waals surface area contributed by atoms with Crippen LogP contribution in [0.5, 0.6) is 0 Å². The maximum atomic E-state index is 11.0. The van der Waals surface area contributed by atoms with Crippen molar-refractivity contribution in [3.05, 3.63) is 48.0 Å². The average Bonchev–Trinajstić information content (AvgIpc) is 3.07. The van der Waals surface area contributed by atoms with E-state index in [1.54, 1.807) is 0 Å². The first-order valence-electron chi connectivity index (χ1n) is 7.67. The van der Waals surface area contributed by atoms with E-state index < -0.39 is 0 Å². The van der Waals surface area contributed by atoms with Crippen molar-refractivity contribution in [3.8, 4) is 0 Å². The van der Waals surface area contributed by atoms with Crippen molar-refractivity contribution >= 4 is 5.97 Å². The van der Waals surface area contributed by atoms with Crippen LogP contribution in [0.4, 0.5) is 0 Å². The van der Waals surface area contributed by atoms with E-state index in [4.69, 9.17) is 9.47 Å². The normalized spacial score (nSPS) is 29.8. The number of hydrogen-bond acceptors (Lipinski definition) is 3. The van der Waals surface area contributed by atoms with E-state index in [9.17, 15) is 4.79 Å². The second-order valence-corrected chi connectivity index (χ2v) is 6.08. The van der Waals surface area contributed by atoms with Crippen molar-refractivity contribution in [1.29, 1.82) is 0 Å². The van der Waals surface area contributed by atoms with Crippen LogP contribution < -0.4 is 0 Å². The van der Waals surface area contributed by atoms with Crippen LogP contribution in [0.1, 0.15) is 18.9 Å². The van der Waals surface area contributed by atoms with E-state index in [2.05, 4.69) is 24.3 Å². The summed E-state index contributed by atoms with van der Waals surface area (Å²) in [4.78, 5) is 11.0. The zero-order chi connectivity index (χ0) is 14.7. The zero-order valence-electron chi connectivity index (χ0n) is 12.4. The van der Waals surface area contributed by atoms with Gasteiger partial charge in [0.25, 0.3) is 0 Å². The molecule has 3 heteroatoms. The van der Waals surface area contributed by atoms with Gasteiger partial charge in [0.15, 0.2) is 0 Å². The summed E-state index contributed by atoms with van der Waals surface area (Å²) in [5, 5.41) is 0. The molecule has 0 unspecified atom stereocenters. The highest BCUT2D eigenvalue weighted by atomic mass is 16.5. The van der Waals surface area contributed by atoms with Crippen LogP contribution in [0, 0.1) is 23.7 Å². The van der Waals surface area contributed by atoms with Gasteiger partial charge in [0, 0.05) is 12.8 Å². The number of carbonyl (C=O) groups excluding carboxylic acids is 1. The largest absolute Gasteiger partial charge is 0.466 e. The summed E-state index contributed by atoms with van der Waals surface area (Å²) in [5.74, 6) is 1.85. The molecule has 0 amide bonds. The first-order chi connectivity index (χ1) is 10.2. The molecule has 1 fully saturated rings. The van der Waals surface area contributed by atoms with E-state index in [-0.39, 0.29) is 5.97 Å². The third-order valence-electron chi connectivity index (χ3n) is 4.70. The Morgan fingerprint density at radius 3 is 2.43 bits per heavy atom. The molecule has 1 saturated carbocycles. The standard InChI is InChI=1S/C18H22O3/c1-13(19)21-12-18-16-8-7-15(9-16)17(18)11-20-10-14-5-3-2-4-6-14/h2-8,15-18H,9-12H2,1H3/t15-,16+,17+,18-/m0/s1. The number of benzene rings is 1. The molecular formula is C18H22O3. The van der Waals surface area contributed by atoms with Crippen molar-refractivity contribution in [3.63, 3.8) is 0 Å². The maximum Gasteiger partial charge on any atom is 0.302 e. The second kappa shape index (κ2) is 6.44. The quantitative estimate of drug-likeness (QED) is 0.595. The third-order valence-corrected chi connectivity index (χ3v) is 4.70. The minimum atomic E-state index is -0.189. The van der Waals surface area contributed by atoms with Crippen LogP contribution in [0.25, 0.3) is 0 Å². The molecule has 3 nitrogen and oxygen atoms in total. The van der Waals surface area contributed by atoms with Crippen LogP contribution in [0.2, 0.25) is 0 Å². The zero-order valence-corrected chi connectivity index (χ0v) is 12.4. The highest BCUT2D eigenvalue weighted by Gasteiger charge is 2.44. The van der Waals surface area contributed by atoms with Gasteiger partial charge in [0.05, 0.1) is 19.8 Å². The number of rotatable bonds is 6. The number of allylic oxidation sites excluding steroid dienone is 2. The van der Waals surface area contributed by atoms with E-state index >= 15 is 0 Å². The lowest BCUT2D eigenvalue weighted by Crippen LogP contribution is -2.28. The average molecular weight is 286 g/mol. The van der Waals surface area contributed by atoms with Crippen LogP contribution in [-0.2, 0) is 20.9 Å². The van der Waals surface area contributed by atoms with Crippen LogP contribution in [0.3, 0.4) is 0 Å². The van der Waals surface area contributed by atoms with Gasteiger partial charge in [-0.25, -0.2) is 0 Å². The van der Waals surface area contributed by atoms with Gasteiger partial charge >= 0.3 is 5.97 Å². The van der Waals surface area contributed by atoms with Crippen molar-refractivity contribution in [2.75, 3.05) is 13.2 Å². The molecule has 2 aliphatic carbocycles. The fourth-order valence-corrected chi connectivity index (χ4v) is 3.62. The molecule has 0 radical (unpaired) electrons. The minimum absolute atomic E-state index is 0.189. The van der Waals surface area contributed by atoms with E-state index in [1.807, 2.05) is 18.2 Å². The smallest absolute Gasteiger partial charge is 0.302 e. The Labute approximate surface area is 125 Å². The van der Waals surface area contributed by atoms with Crippen molar-refractivity contribution < 1.29 is 14.3 Å². The lowest BCUT2D eigenvalue weighted by atomic mass is 9.84. The Morgan fingerprint density at radius 2 is 1.76 bits per heavy atom. The molecule has 0 aliphatic heterocycles. The predicted molar refractivity (Wildman–Crippen MR) is 80.4 cm³/mol. The first kappa shape index (κ1) is 14.3. The molecule has 2 aliphatic rings. The molecule has 2 bridgehead atoms. The highest BCUT2D eigenvalue weighted by Crippen LogP contribution is 2.48. The van der Waals surface area contributed by atoms with Crippen LogP contribution in [0.15, 0.2) is 42.5 Å². The van der Waals surface area contributed by atoms with Gasteiger partial charge in [0.1, 0.15) is 0 Å². The molecular weight excluding hydrogens is 264 g/mol. The molecule has 1 aromatic rings. The summed E-state index contributed by atoms with van der Waals surface area (Å²) in [6, 6.07) is 10.2. The summed E-state index contributed by atoms with van der Waals surface area (Å²) in [6.07, 6.45) is 5.78. The van der Waals surface area contributed by atoms with Gasteiger partial charge in [0.2, 0.25) is 0 Å². The maximum absolute atomic E-state index is 11.0. The number of carbonyl (C=O) groups is 1. The lowest BCUT2D eigenvalue weighted by Gasteiger charge is -2.27. The third kappa shape index (κ3) is 3.35. The van der Waals surface area contributed by atoms with Crippen molar-refractivity contribution in [2.24, 2.45) is 23.7 Å². The monoisotopic (exact) mass is 286 g/mol. The fraction of sp³-hybridized carbons (Fsp3) is 0.500. The number of hydrogen-bond donors (Lipinski definition) is 0. The first-order valence-corrected chi connectivity index (χ1v) is 7.67. The lowest BCUT2D eigenvalue weighted by molar-refractivity contribution is -0.143. The predicted octanol–water partition coefficient (Wildman–Crippen LogP) is 3.20. The summed E-state index contributed by atoms with van der Waals surface area (Å²) >= 11 is 0. The Balaban J connectivity index is 1.53. The van der Waals surface area contributed by atoms with Crippen molar-refractivity contribution in [1.82, 2.24) is 0 Å². The summed E-state index contributed by atoms with van der Waals surface area (Å²) in [7, 11) is 0. The Kier molecular flexibility index (Phi) is 4.39. The number of esters is 1. The topological polar surface area (TPSA) is 35.5 Å². The summed E-state index contributed by atoms with van der Waals surface area (Å²) in [5.41, 5.74) is 1.20. The molecule has 1 aromatic carbocycles. The molecule has 0 aromatic heterocycles. The molecule has 0 heterocycles. The SMILES string of the molecule is CC(=O)OC[C@@H]1[C@H](COCc2ccccc2)[C@H]2C=C[C@@H]1C2. The molecule has 21 heavy (non-hydrogen) atoms. The van der Waals surface area contributed by atoms with Crippen LogP contribution in [-0.4, -0.2) is 19.2 Å². The summed E-state index contributed by atoms with van der Waals surface area (Å²) < 4.78 is 11.2. The number of ether oxygens (including phenoxy) is 2. The van der Waals surface area contributed by atoms with Gasteiger partial charge in [-0.2, -0.15) is 0 Å². The number of fused-ring (bicyclic) bond motifs is 2.